The van der Waals surface area contributed by atoms with Crippen LogP contribution in [0.15, 0.2) is 54.7 Å². The van der Waals surface area contributed by atoms with Gasteiger partial charge in [-0.25, -0.2) is 4.39 Å². The lowest BCUT2D eigenvalue weighted by Crippen LogP contribution is -2.32. The van der Waals surface area contributed by atoms with Crippen LogP contribution in [0.1, 0.15) is 23.8 Å². The summed E-state index contributed by atoms with van der Waals surface area (Å²) in [5, 5.41) is 2.61. The zero-order valence-corrected chi connectivity index (χ0v) is 13.3. The summed E-state index contributed by atoms with van der Waals surface area (Å²) < 4.78 is 14.9. The van der Waals surface area contributed by atoms with E-state index in [4.69, 9.17) is 0 Å². The maximum atomic E-state index is 13.2. The first-order valence-electron chi connectivity index (χ1n) is 7.80. The van der Waals surface area contributed by atoms with Crippen molar-refractivity contribution in [1.29, 1.82) is 0 Å². The highest BCUT2D eigenvalue weighted by atomic mass is 19.1. The third-order valence-corrected chi connectivity index (χ3v) is 3.79. The molecule has 2 heterocycles. The second-order valence-corrected chi connectivity index (χ2v) is 5.49. The number of Topliss-reactive ketones (excluding diaryl/α,β-unsaturated/α-hetero) is 1. The third kappa shape index (κ3) is 2.93. The zero-order valence-electron chi connectivity index (χ0n) is 13.3. The summed E-state index contributed by atoms with van der Waals surface area (Å²) in [4.78, 5) is 24.8. The molecule has 0 aliphatic heterocycles. The molecule has 0 spiro atoms. The fourth-order valence-corrected chi connectivity index (χ4v) is 2.63. The molecule has 4 nitrogen and oxygen atoms in total. The lowest BCUT2D eigenvalue weighted by molar-refractivity contribution is -0.117. The number of nitrogens with zero attached hydrogens (tertiary/aromatic N) is 1. The maximum absolute atomic E-state index is 13.2. The fourth-order valence-electron chi connectivity index (χ4n) is 2.63. The van der Waals surface area contributed by atoms with Crippen LogP contribution in [-0.4, -0.2) is 22.6 Å². The Labute approximate surface area is 138 Å². The molecule has 0 radical (unpaired) electrons. The molecule has 0 saturated heterocycles. The second kappa shape index (κ2) is 6.66. The molecule has 3 rings (SSSR count). The van der Waals surface area contributed by atoms with Crippen molar-refractivity contribution < 1.29 is 14.0 Å². The van der Waals surface area contributed by atoms with Crippen LogP contribution in [0.3, 0.4) is 0 Å². The number of ketones is 1. The van der Waals surface area contributed by atoms with Gasteiger partial charge in [0.15, 0.2) is 0 Å². The summed E-state index contributed by atoms with van der Waals surface area (Å²) in [6.07, 6.45) is 2.49. The topological polar surface area (TPSA) is 50.6 Å². The number of hydrogen-bond acceptors (Lipinski definition) is 2. The van der Waals surface area contributed by atoms with E-state index in [0.717, 1.165) is 11.9 Å². The van der Waals surface area contributed by atoms with Crippen LogP contribution < -0.4 is 5.32 Å². The zero-order chi connectivity index (χ0) is 17.1. The number of nitrogens with one attached hydrogen (secondary N) is 1. The number of carbonyl (C=O) groups is 2. The number of hydrogen-bond donors (Lipinski definition) is 1. The smallest absolute Gasteiger partial charge is 0.294 e. The number of halogens is 1. The quantitative estimate of drug-likeness (QED) is 0.577. The monoisotopic (exact) mass is 324 g/mol. The average Bonchev–Trinajstić information content (AvgIpc) is 2.99. The Kier molecular flexibility index (Phi) is 4.42. The van der Waals surface area contributed by atoms with E-state index in [2.05, 4.69) is 5.32 Å². The first kappa shape index (κ1) is 15.9. The van der Waals surface area contributed by atoms with E-state index < -0.39 is 11.7 Å². The summed E-state index contributed by atoms with van der Waals surface area (Å²) in [5.41, 5.74) is 2.37. The molecule has 5 heteroatoms. The lowest BCUT2D eigenvalue weighted by Gasteiger charge is -2.07. The van der Waals surface area contributed by atoms with E-state index in [1.54, 1.807) is 28.8 Å². The van der Waals surface area contributed by atoms with E-state index in [0.29, 0.717) is 17.7 Å². The minimum atomic E-state index is -0.635. The van der Waals surface area contributed by atoms with Gasteiger partial charge >= 0.3 is 0 Å². The SMILES string of the molecule is CCCNC(=O)C(=O)c1c(-c2ccc(F)cc2)cc2ccccn12. The van der Waals surface area contributed by atoms with Crippen LogP contribution >= 0.6 is 0 Å². The minimum absolute atomic E-state index is 0.283. The van der Waals surface area contributed by atoms with Gasteiger partial charge in [-0.1, -0.05) is 25.1 Å². The lowest BCUT2D eigenvalue weighted by atomic mass is 10.0. The van der Waals surface area contributed by atoms with Crippen LogP contribution in [0.25, 0.3) is 16.6 Å². The second-order valence-electron chi connectivity index (χ2n) is 5.49. The van der Waals surface area contributed by atoms with E-state index in [-0.39, 0.29) is 11.5 Å². The van der Waals surface area contributed by atoms with Crippen molar-refractivity contribution in [1.82, 2.24) is 9.72 Å². The molecule has 122 valence electrons. The molecule has 0 aliphatic carbocycles. The Morgan fingerprint density at radius 1 is 1.12 bits per heavy atom. The Morgan fingerprint density at radius 3 is 2.58 bits per heavy atom. The molecule has 0 aliphatic rings. The van der Waals surface area contributed by atoms with Crippen LogP contribution in [0.5, 0.6) is 0 Å². The Balaban J connectivity index is 2.13. The van der Waals surface area contributed by atoms with Gasteiger partial charge in [0.05, 0.1) is 0 Å². The maximum Gasteiger partial charge on any atom is 0.294 e. The van der Waals surface area contributed by atoms with Gasteiger partial charge in [0.25, 0.3) is 11.7 Å². The number of aromatic nitrogens is 1. The molecule has 1 aromatic carbocycles. The summed E-state index contributed by atoms with van der Waals surface area (Å²) in [7, 11) is 0. The van der Waals surface area contributed by atoms with Gasteiger partial charge in [0.1, 0.15) is 11.5 Å². The Hall–Kier alpha value is -2.95. The first-order valence-corrected chi connectivity index (χ1v) is 7.80. The fraction of sp³-hybridized carbons (Fsp3) is 0.158. The van der Waals surface area contributed by atoms with Crippen molar-refractivity contribution in [2.75, 3.05) is 6.54 Å². The van der Waals surface area contributed by atoms with Crippen molar-refractivity contribution in [2.24, 2.45) is 0 Å². The number of benzene rings is 1. The van der Waals surface area contributed by atoms with Gasteiger partial charge in [-0.15, -0.1) is 0 Å². The molecule has 1 amide bonds. The Bertz CT molecular complexity index is 897. The van der Waals surface area contributed by atoms with E-state index in [1.165, 1.54) is 12.1 Å². The van der Waals surface area contributed by atoms with Gasteiger partial charge in [0, 0.05) is 23.8 Å². The largest absolute Gasteiger partial charge is 0.349 e. The summed E-state index contributed by atoms with van der Waals surface area (Å²) in [5.74, 6) is -1.59. The number of pyridine rings is 1. The predicted molar refractivity (Wildman–Crippen MR) is 90.4 cm³/mol. The molecule has 1 N–H and O–H groups in total. The number of fused-ring (bicyclic) bond motifs is 1. The number of amides is 1. The first-order chi connectivity index (χ1) is 11.6. The molecule has 0 saturated carbocycles. The highest BCUT2D eigenvalue weighted by molar-refractivity contribution is 6.43. The summed E-state index contributed by atoms with van der Waals surface area (Å²) in [6.45, 7) is 2.36. The third-order valence-electron chi connectivity index (χ3n) is 3.79. The molecular weight excluding hydrogens is 307 g/mol. The molecule has 0 atom stereocenters. The van der Waals surface area contributed by atoms with Gasteiger partial charge in [-0.05, 0) is 42.3 Å². The molecule has 0 unspecified atom stereocenters. The van der Waals surface area contributed by atoms with Crippen molar-refractivity contribution in [3.63, 3.8) is 0 Å². The normalized spacial score (nSPS) is 10.8. The number of carbonyl (C=O) groups excluding carboxylic acids is 2. The molecule has 0 bridgehead atoms. The van der Waals surface area contributed by atoms with E-state index in [1.807, 2.05) is 25.1 Å². The van der Waals surface area contributed by atoms with Crippen LogP contribution in [0.2, 0.25) is 0 Å². The van der Waals surface area contributed by atoms with Crippen LogP contribution in [-0.2, 0) is 4.79 Å². The van der Waals surface area contributed by atoms with Gasteiger partial charge < -0.3 is 9.72 Å². The van der Waals surface area contributed by atoms with Crippen LogP contribution in [0.4, 0.5) is 4.39 Å². The van der Waals surface area contributed by atoms with Gasteiger partial charge in [0.2, 0.25) is 0 Å². The standard InChI is InChI=1S/C19H17FN2O2/c1-2-10-21-19(24)18(23)17-16(13-6-8-14(20)9-7-13)12-15-5-3-4-11-22(15)17/h3-9,11-12H,2,10H2,1H3,(H,21,24). The van der Waals surface area contributed by atoms with Crippen molar-refractivity contribution in [2.45, 2.75) is 13.3 Å². The number of rotatable bonds is 5. The van der Waals surface area contributed by atoms with Crippen molar-refractivity contribution in [3.8, 4) is 11.1 Å². The minimum Gasteiger partial charge on any atom is -0.349 e. The van der Waals surface area contributed by atoms with E-state index in [9.17, 15) is 14.0 Å². The molecule has 3 aromatic rings. The van der Waals surface area contributed by atoms with Crippen molar-refractivity contribution in [3.05, 3.63) is 66.2 Å². The predicted octanol–water partition coefficient (Wildman–Crippen LogP) is 3.45. The highest BCUT2D eigenvalue weighted by Gasteiger charge is 2.24. The summed E-state index contributed by atoms with van der Waals surface area (Å²) in [6, 6.07) is 13.2. The van der Waals surface area contributed by atoms with Crippen LogP contribution in [0, 0.1) is 5.82 Å². The Morgan fingerprint density at radius 2 is 1.88 bits per heavy atom. The van der Waals surface area contributed by atoms with Crippen molar-refractivity contribution >= 4 is 17.2 Å². The summed E-state index contributed by atoms with van der Waals surface area (Å²) >= 11 is 0. The highest BCUT2D eigenvalue weighted by Crippen LogP contribution is 2.28. The van der Waals surface area contributed by atoms with Gasteiger partial charge in [-0.2, -0.15) is 0 Å². The molecule has 24 heavy (non-hydrogen) atoms. The van der Waals surface area contributed by atoms with E-state index >= 15 is 0 Å². The average molecular weight is 324 g/mol. The molecule has 2 aromatic heterocycles. The molecule has 0 fully saturated rings. The molecular formula is C19H17FN2O2. The van der Waals surface area contributed by atoms with Gasteiger partial charge in [-0.3, -0.25) is 9.59 Å².